The Labute approximate surface area is 188 Å². The van der Waals surface area contributed by atoms with Crippen molar-refractivity contribution in [1.82, 2.24) is 0 Å². The molecule has 0 unspecified atom stereocenters. The molecule has 2 aliphatic rings. The van der Waals surface area contributed by atoms with Crippen LogP contribution in [0, 0.1) is 19.3 Å². The monoisotopic (exact) mass is 460 g/mol. The number of carbonyl (C=O) groups is 1. The van der Waals surface area contributed by atoms with E-state index in [2.05, 4.69) is 13.8 Å². The standard InChI is InChI=1S/C24H28O7S/c1-14-6-8-16(9-7-14)32(26,27)30-12-19-20-15(2)10-17-18(21(20)23(25)31-19)11-24(3,4)22(17)29-13-28-5/h6-10,19,22H,11-13H2,1-5H3/t19-,22+/m0/s1. The van der Waals surface area contributed by atoms with Crippen LogP contribution in [0.5, 0.6) is 0 Å². The lowest BCUT2D eigenvalue weighted by Crippen LogP contribution is -2.21. The first-order valence-corrected chi connectivity index (χ1v) is 11.9. The van der Waals surface area contributed by atoms with Gasteiger partial charge in [0.15, 0.2) is 6.10 Å². The van der Waals surface area contributed by atoms with E-state index < -0.39 is 22.2 Å². The molecule has 7 nitrogen and oxygen atoms in total. The quantitative estimate of drug-likeness (QED) is 0.348. The van der Waals surface area contributed by atoms with Gasteiger partial charge in [-0.05, 0) is 54.5 Å². The molecule has 0 saturated carbocycles. The van der Waals surface area contributed by atoms with Crippen molar-refractivity contribution in [3.8, 4) is 0 Å². The second-order valence-corrected chi connectivity index (χ2v) is 10.7. The summed E-state index contributed by atoms with van der Waals surface area (Å²) in [4.78, 5) is 12.9. The zero-order valence-electron chi connectivity index (χ0n) is 18.9. The summed E-state index contributed by atoms with van der Waals surface area (Å²) in [6.07, 6.45) is -0.361. The Bertz CT molecular complexity index is 1150. The molecule has 0 N–H and O–H groups in total. The van der Waals surface area contributed by atoms with E-state index in [1.807, 2.05) is 19.9 Å². The van der Waals surface area contributed by atoms with Gasteiger partial charge < -0.3 is 14.2 Å². The highest BCUT2D eigenvalue weighted by Gasteiger charge is 2.46. The molecule has 0 amide bonds. The fraction of sp³-hybridized carbons (Fsp3) is 0.458. The Morgan fingerprint density at radius 3 is 2.50 bits per heavy atom. The van der Waals surface area contributed by atoms with Crippen LogP contribution in [-0.2, 0) is 34.9 Å². The van der Waals surface area contributed by atoms with Gasteiger partial charge in [-0.25, -0.2) is 4.79 Å². The molecule has 0 saturated heterocycles. The molecule has 0 spiro atoms. The summed E-state index contributed by atoms with van der Waals surface area (Å²) >= 11 is 0. The fourth-order valence-electron chi connectivity index (χ4n) is 4.68. The van der Waals surface area contributed by atoms with Crippen molar-refractivity contribution < 1.29 is 31.6 Å². The van der Waals surface area contributed by atoms with E-state index >= 15 is 0 Å². The second-order valence-electron chi connectivity index (χ2n) is 9.11. The summed E-state index contributed by atoms with van der Waals surface area (Å²) in [5.74, 6) is -0.454. The molecule has 1 heterocycles. The Balaban J connectivity index is 1.63. The maximum absolute atomic E-state index is 12.9. The smallest absolute Gasteiger partial charge is 0.339 e. The number of ether oxygens (including phenoxy) is 3. The highest BCUT2D eigenvalue weighted by Crippen LogP contribution is 2.52. The van der Waals surface area contributed by atoms with Crippen LogP contribution < -0.4 is 0 Å². The summed E-state index contributed by atoms with van der Waals surface area (Å²) in [7, 11) is -2.40. The van der Waals surface area contributed by atoms with Crippen LogP contribution in [0.2, 0.25) is 0 Å². The number of carbonyl (C=O) groups excluding carboxylic acids is 1. The van der Waals surface area contributed by atoms with E-state index in [1.165, 1.54) is 12.1 Å². The molecule has 4 rings (SSSR count). The summed E-state index contributed by atoms with van der Waals surface area (Å²) in [6.45, 7) is 7.82. The number of cyclic esters (lactones) is 1. The van der Waals surface area contributed by atoms with E-state index in [0.29, 0.717) is 17.5 Å². The Morgan fingerprint density at radius 2 is 1.84 bits per heavy atom. The molecule has 32 heavy (non-hydrogen) atoms. The lowest BCUT2D eigenvalue weighted by molar-refractivity contribution is -0.107. The van der Waals surface area contributed by atoms with Crippen LogP contribution in [-0.4, -0.2) is 34.9 Å². The van der Waals surface area contributed by atoms with E-state index in [9.17, 15) is 13.2 Å². The summed E-state index contributed by atoms with van der Waals surface area (Å²) in [6, 6.07) is 8.42. The van der Waals surface area contributed by atoms with Crippen LogP contribution in [0.1, 0.15) is 64.2 Å². The zero-order chi connectivity index (χ0) is 23.3. The van der Waals surface area contributed by atoms with Crippen LogP contribution in [0.4, 0.5) is 0 Å². The van der Waals surface area contributed by atoms with Crippen molar-refractivity contribution in [3.63, 3.8) is 0 Å². The van der Waals surface area contributed by atoms with Gasteiger partial charge in [-0.15, -0.1) is 0 Å². The van der Waals surface area contributed by atoms with Gasteiger partial charge in [-0.3, -0.25) is 4.18 Å². The number of aryl methyl sites for hydroxylation is 2. The first kappa shape index (κ1) is 22.9. The lowest BCUT2D eigenvalue weighted by Gasteiger charge is -2.27. The van der Waals surface area contributed by atoms with Crippen LogP contribution in [0.15, 0.2) is 35.2 Å². The first-order chi connectivity index (χ1) is 15.0. The second kappa shape index (κ2) is 8.26. The predicted molar refractivity (Wildman–Crippen MR) is 117 cm³/mol. The van der Waals surface area contributed by atoms with Gasteiger partial charge in [-0.2, -0.15) is 8.42 Å². The molecule has 0 bridgehead atoms. The number of rotatable bonds is 7. The maximum Gasteiger partial charge on any atom is 0.339 e. The highest BCUT2D eigenvalue weighted by atomic mass is 32.2. The Hall–Kier alpha value is -2.26. The van der Waals surface area contributed by atoms with E-state index in [-0.39, 0.29) is 29.8 Å². The Morgan fingerprint density at radius 1 is 1.16 bits per heavy atom. The average molecular weight is 461 g/mol. The number of hydrogen-bond acceptors (Lipinski definition) is 7. The minimum atomic E-state index is -3.97. The maximum atomic E-state index is 12.9. The first-order valence-electron chi connectivity index (χ1n) is 10.5. The molecule has 8 heteroatoms. The minimum absolute atomic E-state index is 0.0678. The average Bonchev–Trinajstić information content (AvgIpc) is 3.18. The lowest BCUT2D eigenvalue weighted by atomic mass is 9.87. The normalized spacial score (nSPS) is 21.3. The van der Waals surface area contributed by atoms with Gasteiger partial charge in [0.2, 0.25) is 0 Å². The summed E-state index contributed by atoms with van der Waals surface area (Å²) in [5, 5.41) is 0. The van der Waals surface area contributed by atoms with Crippen LogP contribution in [0.25, 0.3) is 0 Å². The third-order valence-electron chi connectivity index (χ3n) is 6.15. The van der Waals surface area contributed by atoms with Crippen molar-refractivity contribution in [3.05, 3.63) is 63.7 Å². The van der Waals surface area contributed by atoms with Gasteiger partial charge in [0.1, 0.15) is 13.4 Å². The molecule has 0 aromatic heterocycles. The van der Waals surface area contributed by atoms with Crippen LogP contribution >= 0.6 is 0 Å². The van der Waals surface area contributed by atoms with Crippen molar-refractivity contribution in [2.24, 2.45) is 5.41 Å². The molecular weight excluding hydrogens is 432 g/mol. The van der Waals surface area contributed by atoms with Crippen molar-refractivity contribution >= 4 is 16.1 Å². The van der Waals surface area contributed by atoms with Crippen molar-refractivity contribution in [1.29, 1.82) is 0 Å². The third-order valence-corrected chi connectivity index (χ3v) is 7.45. The highest BCUT2D eigenvalue weighted by molar-refractivity contribution is 7.86. The molecule has 2 atom stereocenters. The molecule has 0 fully saturated rings. The topological polar surface area (TPSA) is 88.1 Å². The van der Waals surface area contributed by atoms with E-state index in [4.69, 9.17) is 18.4 Å². The zero-order valence-corrected chi connectivity index (χ0v) is 19.7. The van der Waals surface area contributed by atoms with Gasteiger partial charge in [0.05, 0.1) is 16.6 Å². The molecule has 2 aromatic carbocycles. The number of benzene rings is 2. The number of hydrogen-bond donors (Lipinski definition) is 0. The minimum Gasteiger partial charge on any atom is -0.451 e. The largest absolute Gasteiger partial charge is 0.451 e. The molecule has 172 valence electrons. The molecule has 1 aliphatic heterocycles. The van der Waals surface area contributed by atoms with E-state index in [0.717, 1.165) is 22.3 Å². The molecule has 1 aliphatic carbocycles. The van der Waals surface area contributed by atoms with Gasteiger partial charge in [0.25, 0.3) is 10.1 Å². The molecule has 2 aromatic rings. The SMILES string of the molecule is COCO[C@@H]1c2cc(C)c3c(c2CC1(C)C)C(=O)O[C@H]3COS(=O)(=O)c1ccc(C)cc1. The number of fused-ring (bicyclic) bond motifs is 3. The number of methoxy groups -OCH3 is 1. The van der Waals surface area contributed by atoms with E-state index in [1.54, 1.807) is 19.2 Å². The van der Waals surface area contributed by atoms with Crippen LogP contribution in [0.3, 0.4) is 0 Å². The predicted octanol–water partition coefficient (Wildman–Crippen LogP) is 4.16. The molecular formula is C24H28O7S. The summed E-state index contributed by atoms with van der Waals surface area (Å²) in [5.41, 5.74) is 4.61. The fourth-order valence-corrected chi connectivity index (χ4v) is 5.59. The van der Waals surface area contributed by atoms with Gasteiger partial charge in [0, 0.05) is 12.7 Å². The third kappa shape index (κ3) is 3.96. The number of esters is 1. The van der Waals surface area contributed by atoms with Gasteiger partial charge in [-0.1, -0.05) is 37.6 Å². The van der Waals surface area contributed by atoms with Crippen molar-refractivity contribution in [2.75, 3.05) is 20.5 Å². The van der Waals surface area contributed by atoms with Gasteiger partial charge >= 0.3 is 5.97 Å². The Kier molecular flexibility index (Phi) is 5.92. The molecule has 0 radical (unpaired) electrons. The van der Waals surface area contributed by atoms with Crippen molar-refractivity contribution in [2.45, 2.75) is 51.2 Å². The summed E-state index contributed by atoms with van der Waals surface area (Å²) < 4.78 is 47.1.